The number of rotatable bonds is 3. The van der Waals surface area contributed by atoms with E-state index in [0.717, 1.165) is 31.0 Å². The lowest BCUT2D eigenvalue weighted by Crippen LogP contribution is -2.43. The van der Waals surface area contributed by atoms with Crippen molar-refractivity contribution in [2.24, 2.45) is 11.7 Å². The van der Waals surface area contributed by atoms with E-state index in [4.69, 9.17) is 5.73 Å². The number of nitrogens with zero attached hydrogens (tertiary/aromatic N) is 1. The predicted molar refractivity (Wildman–Crippen MR) is 80.3 cm³/mol. The zero-order chi connectivity index (χ0) is 14.7. The fourth-order valence-electron chi connectivity index (χ4n) is 2.63. The van der Waals surface area contributed by atoms with Crippen molar-refractivity contribution in [2.45, 2.75) is 32.2 Å². The van der Waals surface area contributed by atoms with Gasteiger partial charge in [0, 0.05) is 24.7 Å². The summed E-state index contributed by atoms with van der Waals surface area (Å²) in [4.78, 5) is 13.8. The molecule has 0 radical (unpaired) electrons. The third-order valence-electron chi connectivity index (χ3n) is 3.99. The zero-order valence-electron chi connectivity index (χ0n) is 12.0. The molecule has 0 spiro atoms. The van der Waals surface area contributed by atoms with E-state index in [1.807, 2.05) is 6.92 Å². The first kappa shape index (κ1) is 17.9. The van der Waals surface area contributed by atoms with Crippen LogP contribution in [0, 0.1) is 17.6 Å². The molecule has 6 heteroatoms. The Morgan fingerprint density at radius 2 is 2.00 bits per heavy atom. The van der Waals surface area contributed by atoms with Gasteiger partial charge in [-0.2, -0.15) is 0 Å². The summed E-state index contributed by atoms with van der Waals surface area (Å²) >= 11 is 0. The summed E-state index contributed by atoms with van der Waals surface area (Å²) in [6.45, 7) is 3.26. The lowest BCUT2D eigenvalue weighted by atomic mass is 9.91. The fraction of sp³-hybridized carbons (Fsp3) is 0.533. The minimum absolute atomic E-state index is 0. The molecule has 1 heterocycles. The molecule has 3 nitrogen and oxygen atoms in total. The summed E-state index contributed by atoms with van der Waals surface area (Å²) in [5.74, 6) is -0.780. The molecule has 0 saturated carbocycles. The van der Waals surface area contributed by atoms with Crippen molar-refractivity contribution in [3.05, 3.63) is 35.4 Å². The predicted octanol–water partition coefficient (Wildman–Crippen LogP) is 2.51. The van der Waals surface area contributed by atoms with Gasteiger partial charge in [0.15, 0.2) is 0 Å². The zero-order valence-corrected chi connectivity index (χ0v) is 12.8. The number of halogens is 3. The van der Waals surface area contributed by atoms with Gasteiger partial charge in [0.05, 0.1) is 6.42 Å². The Morgan fingerprint density at radius 3 is 2.57 bits per heavy atom. The molecule has 1 aromatic rings. The highest BCUT2D eigenvalue weighted by Crippen LogP contribution is 2.20. The Hall–Kier alpha value is -1.20. The average Bonchev–Trinajstić information content (AvgIpc) is 2.43. The van der Waals surface area contributed by atoms with Crippen LogP contribution >= 0.6 is 12.4 Å². The lowest BCUT2D eigenvalue weighted by molar-refractivity contribution is -0.132. The molecule has 1 saturated heterocycles. The van der Waals surface area contributed by atoms with Gasteiger partial charge in [-0.15, -0.1) is 12.4 Å². The minimum Gasteiger partial charge on any atom is -0.342 e. The SMILES string of the molecule is CC(N)C1CCN(C(=O)Cc2cc(F)ccc2F)CC1.Cl. The average molecular weight is 319 g/mol. The van der Waals surface area contributed by atoms with Crippen LogP contribution in [-0.2, 0) is 11.2 Å². The van der Waals surface area contributed by atoms with Crippen LogP contribution in [0.15, 0.2) is 18.2 Å². The number of likely N-dealkylation sites (tertiary alicyclic amines) is 1. The lowest BCUT2D eigenvalue weighted by Gasteiger charge is -2.33. The maximum atomic E-state index is 13.5. The van der Waals surface area contributed by atoms with E-state index in [9.17, 15) is 13.6 Å². The molecule has 118 valence electrons. The minimum atomic E-state index is -0.537. The molecule has 1 fully saturated rings. The molecule has 1 aliphatic rings. The number of nitrogens with two attached hydrogens (primary N) is 1. The third kappa shape index (κ3) is 4.64. The molecule has 1 aromatic carbocycles. The Bertz CT molecular complexity index is 489. The van der Waals surface area contributed by atoms with Crippen molar-refractivity contribution < 1.29 is 13.6 Å². The molecule has 0 bridgehead atoms. The third-order valence-corrected chi connectivity index (χ3v) is 3.99. The maximum Gasteiger partial charge on any atom is 0.227 e. The van der Waals surface area contributed by atoms with E-state index in [1.54, 1.807) is 4.90 Å². The van der Waals surface area contributed by atoms with Crippen molar-refractivity contribution in [1.29, 1.82) is 0 Å². The van der Waals surface area contributed by atoms with Crippen molar-refractivity contribution in [2.75, 3.05) is 13.1 Å². The van der Waals surface area contributed by atoms with Crippen LogP contribution in [0.1, 0.15) is 25.3 Å². The molecule has 21 heavy (non-hydrogen) atoms. The molecule has 1 atom stereocenters. The Kier molecular flexibility index (Phi) is 6.55. The number of hydrogen-bond donors (Lipinski definition) is 1. The topological polar surface area (TPSA) is 46.3 Å². The van der Waals surface area contributed by atoms with Crippen molar-refractivity contribution in [3.63, 3.8) is 0 Å². The smallest absolute Gasteiger partial charge is 0.227 e. The number of hydrogen-bond acceptors (Lipinski definition) is 2. The molecule has 1 aliphatic heterocycles. The number of benzene rings is 1. The number of piperidine rings is 1. The Balaban J connectivity index is 0.00000220. The first-order valence-electron chi connectivity index (χ1n) is 6.94. The molecule has 2 N–H and O–H groups in total. The van der Waals surface area contributed by atoms with Gasteiger partial charge in [-0.1, -0.05) is 0 Å². The molecule has 0 aliphatic carbocycles. The van der Waals surface area contributed by atoms with Crippen LogP contribution in [0.4, 0.5) is 8.78 Å². The standard InChI is InChI=1S/C15H20F2N2O.ClH/c1-10(18)11-4-6-19(7-5-11)15(20)9-12-8-13(16)2-3-14(12)17;/h2-3,8,10-11H,4-7,9,18H2,1H3;1H. The van der Waals surface area contributed by atoms with Crippen molar-refractivity contribution in [1.82, 2.24) is 4.90 Å². The number of amides is 1. The summed E-state index contributed by atoms with van der Waals surface area (Å²) in [7, 11) is 0. The Morgan fingerprint density at radius 1 is 1.38 bits per heavy atom. The molecule has 2 rings (SSSR count). The number of carbonyl (C=O) groups excluding carboxylic acids is 1. The van der Waals surface area contributed by atoms with E-state index in [2.05, 4.69) is 0 Å². The van der Waals surface area contributed by atoms with Gasteiger partial charge in [0.1, 0.15) is 11.6 Å². The first-order chi connectivity index (χ1) is 9.47. The van der Waals surface area contributed by atoms with Crippen LogP contribution in [-0.4, -0.2) is 29.9 Å². The first-order valence-corrected chi connectivity index (χ1v) is 6.94. The van der Waals surface area contributed by atoms with Crippen molar-refractivity contribution in [3.8, 4) is 0 Å². The van der Waals surface area contributed by atoms with Crippen LogP contribution in [0.5, 0.6) is 0 Å². The molecule has 0 aromatic heterocycles. The summed E-state index contributed by atoms with van der Waals surface area (Å²) in [6.07, 6.45) is 1.65. The summed E-state index contributed by atoms with van der Waals surface area (Å²) < 4.78 is 26.6. The van der Waals surface area contributed by atoms with Gasteiger partial charge in [-0.25, -0.2) is 8.78 Å². The van der Waals surface area contributed by atoms with Gasteiger partial charge in [-0.3, -0.25) is 4.79 Å². The highest BCUT2D eigenvalue weighted by atomic mass is 35.5. The highest BCUT2D eigenvalue weighted by molar-refractivity contribution is 5.85. The van der Waals surface area contributed by atoms with Crippen LogP contribution in [0.25, 0.3) is 0 Å². The molecular weight excluding hydrogens is 298 g/mol. The van der Waals surface area contributed by atoms with Crippen LogP contribution < -0.4 is 5.73 Å². The van der Waals surface area contributed by atoms with E-state index in [1.165, 1.54) is 0 Å². The van der Waals surface area contributed by atoms with Gasteiger partial charge in [0.25, 0.3) is 0 Å². The maximum absolute atomic E-state index is 13.5. The highest BCUT2D eigenvalue weighted by Gasteiger charge is 2.25. The van der Waals surface area contributed by atoms with Crippen molar-refractivity contribution >= 4 is 18.3 Å². The van der Waals surface area contributed by atoms with Gasteiger partial charge >= 0.3 is 0 Å². The quantitative estimate of drug-likeness (QED) is 0.931. The second-order valence-corrected chi connectivity index (χ2v) is 5.49. The summed E-state index contributed by atoms with van der Waals surface area (Å²) in [6, 6.07) is 3.33. The molecule has 1 amide bonds. The van der Waals surface area contributed by atoms with E-state index < -0.39 is 11.6 Å². The van der Waals surface area contributed by atoms with Gasteiger partial charge in [-0.05, 0) is 43.9 Å². The van der Waals surface area contributed by atoms with E-state index in [0.29, 0.717) is 19.0 Å². The summed E-state index contributed by atoms with van der Waals surface area (Å²) in [5.41, 5.74) is 5.97. The van der Waals surface area contributed by atoms with Crippen LogP contribution in [0.3, 0.4) is 0 Å². The number of carbonyl (C=O) groups is 1. The molecular formula is C15H21ClF2N2O. The van der Waals surface area contributed by atoms with Gasteiger partial charge in [0.2, 0.25) is 5.91 Å². The van der Waals surface area contributed by atoms with Gasteiger partial charge < -0.3 is 10.6 Å². The second kappa shape index (κ2) is 7.71. The van der Waals surface area contributed by atoms with E-state index in [-0.39, 0.29) is 36.3 Å². The monoisotopic (exact) mass is 318 g/mol. The Labute approximate surface area is 129 Å². The second-order valence-electron chi connectivity index (χ2n) is 5.49. The van der Waals surface area contributed by atoms with Crippen LogP contribution in [0.2, 0.25) is 0 Å². The normalized spacial score (nSPS) is 17.2. The largest absolute Gasteiger partial charge is 0.342 e. The summed E-state index contributed by atoms with van der Waals surface area (Å²) in [5, 5.41) is 0. The van der Waals surface area contributed by atoms with E-state index >= 15 is 0 Å². The fourth-order valence-corrected chi connectivity index (χ4v) is 2.63. The molecule has 1 unspecified atom stereocenters.